The molecule has 0 bridgehead atoms. The third-order valence-corrected chi connectivity index (χ3v) is 6.35. The monoisotopic (exact) mass is 366 g/mol. The molecule has 2 saturated carbocycles. The largest absolute Gasteiger partial charge is 0.385 e. The van der Waals surface area contributed by atoms with Gasteiger partial charge in [0.1, 0.15) is 0 Å². The maximum atomic E-state index is 5.29. The van der Waals surface area contributed by atoms with Gasteiger partial charge in [-0.15, -0.1) is 0 Å². The summed E-state index contributed by atoms with van der Waals surface area (Å²) < 4.78 is 5.29. The first-order chi connectivity index (χ1) is 12.7. The van der Waals surface area contributed by atoms with Gasteiger partial charge in [-0.25, -0.2) is 0 Å². The van der Waals surface area contributed by atoms with Crippen LogP contribution >= 0.6 is 0 Å². The summed E-state index contributed by atoms with van der Waals surface area (Å²) in [4.78, 5) is 7.46. The first kappa shape index (κ1) is 21.5. The quantitative estimate of drug-likeness (QED) is 0.334. The number of aliphatic imine (C=N–C) groups is 1. The van der Waals surface area contributed by atoms with E-state index in [0.29, 0.717) is 5.41 Å². The molecular weight excluding hydrogens is 324 g/mol. The SMILES string of the molecule is CCNC(=NCC1(CCOC)CCC1)NCCCN(C)C1CCCCC1. The molecule has 26 heavy (non-hydrogen) atoms. The van der Waals surface area contributed by atoms with Crippen LogP contribution in [0.4, 0.5) is 0 Å². The number of hydrogen-bond donors (Lipinski definition) is 2. The van der Waals surface area contributed by atoms with Gasteiger partial charge in [0.15, 0.2) is 5.96 Å². The van der Waals surface area contributed by atoms with Gasteiger partial charge in [-0.05, 0) is 64.5 Å². The lowest BCUT2D eigenvalue weighted by Gasteiger charge is -2.40. The summed E-state index contributed by atoms with van der Waals surface area (Å²) in [5, 5.41) is 6.94. The van der Waals surface area contributed by atoms with E-state index in [1.165, 1.54) is 64.3 Å². The Kier molecular flexibility index (Phi) is 9.76. The molecule has 0 heterocycles. The fourth-order valence-corrected chi connectivity index (χ4v) is 4.31. The van der Waals surface area contributed by atoms with Crippen molar-refractivity contribution in [2.75, 3.05) is 46.9 Å². The van der Waals surface area contributed by atoms with Crippen LogP contribution in [0, 0.1) is 5.41 Å². The zero-order chi connectivity index (χ0) is 18.7. The number of ether oxygens (including phenoxy) is 1. The number of rotatable bonds is 11. The van der Waals surface area contributed by atoms with Gasteiger partial charge in [-0.3, -0.25) is 4.99 Å². The Bertz CT molecular complexity index is 403. The van der Waals surface area contributed by atoms with Gasteiger partial charge in [0.05, 0.1) is 0 Å². The summed E-state index contributed by atoms with van der Waals surface area (Å²) in [6.45, 7) is 7.00. The molecule has 5 heteroatoms. The Morgan fingerprint density at radius 1 is 1.15 bits per heavy atom. The molecule has 0 saturated heterocycles. The average Bonchev–Trinajstić information content (AvgIpc) is 2.64. The molecule has 0 aromatic rings. The Morgan fingerprint density at radius 3 is 2.54 bits per heavy atom. The number of nitrogens with one attached hydrogen (secondary N) is 2. The minimum atomic E-state index is 0.388. The highest BCUT2D eigenvalue weighted by molar-refractivity contribution is 5.79. The van der Waals surface area contributed by atoms with E-state index in [-0.39, 0.29) is 0 Å². The zero-order valence-electron chi connectivity index (χ0n) is 17.5. The van der Waals surface area contributed by atoms with Crippen LogP contribution in [-0.2, 0) is 4.74 Å². The van der Waals surface area contributed by atoms with E-state index in [4.69, 9.17) is 9.73 Å². The molecule has 0 aromatic carbocycles. The lowest BCUT2D eigenvalue weighted by Crippen LogP contribution is -2.41. The van der Waals surface area contributed by atoms with E-state index in [0.717, 1.165) is 44.7 Å². The van der Waals surface area contributed by atoms with Crippen molar-refractivity contribution in [2.45, 2.75) is 77.2 Å². The summed E-state index contributed by atoms with van der Waals surface area (Å²) in [7, 11) is 4.09. The Balaban J connectivity index is 1.69. The molecular formula is C21H42N4O. The van der Waals surface area contributed by atoms with Crippen LogP contribution in [0.25, 0.3) is 0 Å². The smallest absolute Gasteiger partial charge is 0.191 e. The van der Waals surface area contributed by atoms with E-state index in [1.807, 2.05) is 0 Å². The molecule has 2 rings (SSSR count). The van der Waals surface area contributed by atoms with Crippen molar-refractivity contribution in [2.24, 2.45) is 10.4 Å². The van der Waals surface area contributed by atoms with E-state index in [9.17, 15) is 0 Å². The van der Waals surface area contributed by atoms with E-state index in [2.05, 4.69) is 29.5 Å². The molecule has 0 unspecified atom stereocenters. The normalized spacial score (nSPS) is 20.8. The minimum Gasteiger partial charge on any atom is -0.385 e. The number of guanidine groups is 1. The second kappa shape index (κ2) is 11.8. The van der Waals surface area contributed by atoms with Crippen molar-refractivity contribution in [3.05, 3.63) is 0 Å². The second-order valence-corrected chi connectivity index (χ2v) is 8.34. The lowest BCUT2D eigenvalue weighted by molar-refractivity contribution is 0.0778. The Hall–Kier alpha value is -0.810. The highest BCUT2D eigenvalue weighted by atomic mass is 16.5. The average molecular weight is 367 g/mol. The van der Waals surface area contributed by atoms with Crippen molar-refractivity contribution in [3.63, 3.8) is 0 Å². The van der Waals surface area contributed by atoms with Gasteiger partial charge in [-0.2, -0.15) is 0 Å². The van der Waals surface area contributed by atoms with E-state index >= 15 is 0 Å². The summed E-state index contributed by atoms with van der Waals surface area (Å²) in [6.07, 6.45) is 13.3. The molecule has 152 valence electrons. The lowest BCUT2D eigenvalue weighted by atomic mass is 9.67. The highest BCUT2D eigenvalue weighted by Gasteiger charge is 2.36. The van der Waals surface area contributed by atoms with Crippen LogP contribution in [0.5, 0.6) is 0 Å². The van der Waals surface area contributed by atoms with Gasteiger partial charge in [0.2, 0.25) is 0 Å². The van der Waals surface area contributed by atoms with Crippen LogP contribution in [0.1, 0.15) is 71.1 Å². The van der Waals surface area contributed by atoms with Crippen molar-refractivity contribution < 1.29 is 4.74 Å². The Morgan fingerprint density at radius 2 is 1.92 bits per heavy atom. The summed E-state index contributed by atoms with van der Waals surface area (Å²) in [5.41, 5.74) is 0.388. The number of nitrogens with zero attached hydrogens (tertiary/aromatic N) is 2. The first-order valence-corrected chi connectivity index (χ1v) is 10.9. The van der Waals surface area contributed by atoms with Gasteiger partial charge < -0.3 is 20.3 Å². The molecule has 0 aromatic heterocycles. The van der Waals surface area contributed by atoms with Crippen LogP contribution in [-0.4, -0.2) is 63.8 Å². The Labute approximate surface area is 161 Å². The summed E-state index contributed by atoms with van der Waals surface area (Å²) >= 11 is 0. The molecule has 0 radical (unpaired) electrons. The third-order valence-electron chi connectivity index (χ3n) is 6.35. The highest BCUT2D eigenvalue weighted by Crippen LogP contribution is 2.44. The summed E-state index contributed by atoms with van der Waals surface area (Å²) in [6, 6.07) is 0.810. The molecule has 0 atom stereocenters. The van der Waals surface area contributed by atoms with Crippen LogP contribution in [0.2, 0.25) is 0 Å². The maximum absolute atomic E-state index is 5.29. The fraction of sp³-hybridized carbons (Fsp3) is 0.952. The maximum Gasteiger partial charge on any atom is 0.191 e. The first-order valence-electron chi connectivity index (χ1n) is 10.9. The van der Waals surface area contributed by atoms with E-state index in [1.54, 1.807) is 7.11 Å². The van der Waals surface area contributed by atoms with Gasteiger partial charge in [0.25, 0.3) is 0 Å². The second-order valence-electron chi connectivity index (χ2n) is 8.34. The van der Waals surface area contributed by atoms with Crippen molar-refractivity contribution >= 4 is 5.96 Å². The van der Waals surface area contributed by atoms with Gasteiger partial charge in [0, 0.05) is 39.4 Å². The topological polar surface area (TPSA) is 48.9 Å². The van der Waals surface area contributed by atoms with Gasteiger partial charge in [-0.1, -0.05) is 25.7 Å². The van der Waals surface area contributed by atoms with Crippen LogP contribution in [0.15, 0.2) is 4.99 Å². The predicted molar refractivity (Wildman–Crippen MR) is 111 cm³/mol. The molecule has 2 aliphatic rings. The molecule has 0 aliphatic heterocycles. The molecule has 2 aliphatic carbocycles. The van der Waals surface area contributed by atoms with Crippen molar-refractivity contribution in [3.8, 4) is 0 Å². The standard InChI is InChI=1S/C21H42N4O/c1-4-22-20(24-18-21(12-8-13-21)14-17-26-3)23-15-9-16-25(2)19-10-6-5-7-11-19/h19H,4-18H2,1-3H3,(H2,22,23,24). The number of methoxy groups -OCH3 is 1. The summed E-state index contributed by atoms with van der Waals surface area (Å²) in [5.74, 6) is 0.983. The molecule has 2 fully saturated rings. The molecule has 5 nitrogen and oxygen atoms in total. The predicted octanol–water partition coefficient (Wildman–Crippen LogP) is 3.40. The number of hydrogen-bond acceptors (Lipinski definition) is 3. The minimum absolute atomic E-state index is 0.388. The van der Waals surface area contributed by atoms with Gasteiger partial charge >= 0.3 is 0 Å². The zero-order valence-corrected chi connectivity index (χ0v) is 17.5. The molecule has 0 amide bonds. The van der Waals surface area contributed by atoms with Crippen molar-refractivity contribution in [1.82, 2.24) is 15.5 Å². The molecule has 0 spiro atoms. The van der Waals surface area contributed by atoms with Crippen LogP contribution in [0.3, 0.4) is 0 Å². The third kappa shape index (κ3) is 7.07. The van der Waals surface area contributed by atoms with E-state index < -0.39 is 0 Å². The van der Waals surface area contributed by atoms with Crippen molar-refractivity contribution in [1.29, 1.82) is 0 Å². The molecule has 2 N–H and O–H groups in total. The fourth-order valence-electron chi connectivity index (χ4n) is 4.31. The van der Waals surface area contributed by atoms with Crippen LogP contribution < -0.4 is 10.6 Å².